The molecule has 2 amide bonds. The fourth-order valence-electron chi connectivity index (χ4n) is 2.81. The number of aromatic nitrogens is 2. The third-order valence-electron chi connectivity index (χ3n) is 4.07. The molecule has 0 bridgehead atoms. The number of imidazole rings is 1. The van der Waals surface area contributed by atoms with Gasteiger partial charge in [0, 0.05) is 31.5 Å². The first-order chi connectivity index (χ1) is 12.2. The van der Waals surface area contributed by atoms with E-state index in [4.69, 9.17) is 9.47 Å². The summed E-state index contributed by atoms with van der Waals surface area (Å²) >= 11 is 0. The number of carbonyl (C=O) groups is 1. The summed E-state index contributed by atoms with van der Waals surface area (Å²) in [6.45, 7) is 6.13. The van der Waals surface area contributed by atoms with Gasteiger partial charge in [0.05, 0.1) is 12.9 Å². The van der Waals surface area contributed by atoms with Crippen molar-refractivity contribution in [2.75, 3.05) is 19.7 Å². The van der Waals surface area contributed by atoms with E-state index in [1.807, 2.05) is 48.9 Å². The van der Waals surface area contributed by atoms with Gasteiger partial charge in [0.15, 0.2) is 17.6 Å². The largest absolute Gasteiger partial charge is 0.486 e. The Bertz CT molecular complexity index is 689. The van der Waals surface area contributed by atoms with Gasteiger partial charge < -0.3 is 24.3 Å². The molecule has 3 rings (SSSR count). The van der Waals surface area contributed by atoms with E-state index in [0.29, 0.717) is 26.2 Å². The number of hydrogen-bond acceptors (Lipinski definition) is 4. The molecule has 2 heterocycles. The van der Waals surface area contributed by atoms with E-state index in [0.717, 1.165) is 11.5 Å². The van der Waals surface area contributed by atoms with E-state index >= 15 is 0 Å². The summed E-state index contributed by atoms with van der Waals surface area (Å²) in [6, 6.07) is 7.49. The monoisotopic (exact) mass is 344 g/mol. The molecule has 2 aromatic rings. The van der Waals surface area contributed by atoms with Gasteiger partial charge in [-0.2, -0.15) is 0 Å². The molecule has 0 fully saturated rings. The van der Waals surface area contributed by atoms with Gasteiger partial charge in [-0.1, -0.05) is 12.1 Å². The molecule has 0 unspecified atom stereocenters. The molecule has 134 valence electrons. The number of urea groups is 1. The van der Waals surface area contributed by atoms with E-state index in [1.165, 1.54) is 0 Å². The molecule has 0 saturated heterocycles. The minimum atomic E-state index is -0.176. The van der Waals surface area contributed by atoms with Crippen LogP contribution in [0.25, 0.3) is 0 Å². The maximum absolute atomic E-state index is 12.5. The normalized spacial score (nSPS) is 17.0. The number of hydrogen-bond donors (Lipinski definition) is 1. The second-order valence-electron chi connectivity index (χ2n) is 6.15. The van der Waals surface area contributed by atoms with Gasteiger partial charge in [0.2, 0.25) is 0 Å². The Morgan fingerprint density at radius 1 is 1.44 bits per heavy atom. The Balaban J connectivity index is 1.52. The topological polar surface area (TPSA) is 68.6 Å². The number of nitrogens with one attached hydrogen (secondary N) is 1. The second kappa shape index (κ2) is 7.92. The van der Waals surface area contributed by atoms with Crippen LogP contribution in [0.3, 0.4) is 0 Å². The molecule has 1 aromatic carbocycles. The molecule has 7 heteroatoms. The highest BCUT2D eigenvalue weighted by atomic mass is 16.6. The van der Waals surface area contributed by atoms with E-state index in [1.54, 1.807) is 17.4 Å². The minimum Gasteiger partial charge on any atom is -0.486 e. The highest BCUT2D eigenvalue weighted by molar-refractivity contribution is 5.74. The van der Waals surface area contributed by atoms with Crippen molar-refractivity contribution in [1.82, 2.24) is 19.8 Å². The highest BCUT2D eigenvalue weighted by Crippen LogP contribution is 2.30. The summed E-state index contributed by atoms with van der Waals surface area (Å²) < 4.78 is 13.6. The number of para-hydroxylation sites is 2. The number of carbonyl (C=O) groups excluding carboxylic acids is 1. The summed E-state index contributed by atoms with van der Waals surface area (Å²) in [4.78, 5) is 18.3. The van der Waals surface area contributed by atoms with Gasteiger partial charge in [0.1, 0.15) is 6.61 Å². The van der Waals surface area contributed by atoms with Crippen LogP contribution in [0, 0.1) is 0 Å². The molecule has 1 aliphatic heterocycles. The van der Waals surface area contributed by atoms with Crippen LogP contribution in [0.15, 0.2) is 43.0 Å². The van der Waals surface area contributed by atoms with Crippen molar-refractivity contribution in [3.63, 3.8) is 0 Å². The number of rotatable bonds is 6. The van der Waals surface area contributed by atoms with Crippen molar-refractivity contribution in [2.24, 2.45) is 0 Å². The summed E-state index contributed by atoms with van der Waals surface area (Å²) in [7, 11) is 0. The zero-order chi connectivity index (χ0) is 17.6. The van der Waals surface area contributed by atoms with Crippen LogP contribution in [-0.2, 0) is 6.54 Å². The van der Waals surface area contributed by atoms with Crippen LogP contribution < -0.4 is 14.8 Å². The molecule has 7 nitrogen and oxygen atoms in total. The molecule has 0 spiro atoms. The fourth-order valence-corrected chi connectivity index (χ4v) is 2.81. The van der Waals surface area contributed by atoms with Crippen molar-refractivity contribution >= 4 is 6.03 Å². The average Bonchev–Trinajstić information content (AvgIpc) is 3.12. The number of likely N-dealkylation sites (N-methyl/N-ethyl adjacent to an activating group) is 1. The SMILES string of the molecule is CCN(C[C@H]1COc2ccccc2O1)C(=O)N[C@@H](C)Cn1ccnc1. The van der Waals surface area contributed by atoms with Gasteiger partial charge in [-0.05, 0) is 26.0 Å². The lowest BCUT2D eigenvalue weighted by molar-refractivity contribution is 0.0671. The summed E-state index contributed by atoms with van der Waals surface area (Å²) in [5.74, 6) is 1.48. The third kappa shape index (κ3) is 4.43. The Morgan fingerprint density at radius 3 is 2.96 bits per heavy atom. The van der Waals surface area contributed by atoms with Gasteiger partial charge >= 0.3 is 6.03 Å². The number of fused-ring (bicyclic) bond motifs is 1. The van der Waals surface area contributed by atoms with Crippen molar-refractivity contribution in [3.05, 3.63) is 43.0 Å². The lowest BCUT2D eigenvalue weighted by atomic mass is 10.2. The number of benzene rings is 1. The average molecular weight is 344 g/mol. The minimum absolute atomic E-state index is 0.000000169. The molecule has 1 N–H and O–H groups in total. The van der Waals surface area contributed by atoms with Crippen LogP contribution in [0.1, 0.15) is 13.8 Å². The molecule has 0 aliphatic carbocycles. The zero-order valence-corrected chi connectivity index (χ0v) is 14.6. The standard InChI is InChI=1S/C18H24N4O3/c1-3-22(18(23)20-14(2)10-21-9-8-19-13-21)11-15-12-24-16-6-4-5-7-17(16)25-15/h4-9,13-15H,3,10-12H2,1-2H3,(H,20,23)/t14-,15-/m0/s1. The van der Waals surface area contributed by atoms with Gasteiger partial charge in [-0.25, -0.2) is 9.78 Å². The molecule has 0 radical (unpaired) electrons. The predicted molar refractivity (Wildman–Crippen MR) is 93.8 cm³/mol. The predicted octanol–water partition coefficient (Wildman–Crippen LogP) is 2.14. The molecule has 0 saturated carbocycles. The van der Waals surface area contributed by atoms with Crippen molar-refractivity contribution in [1.29, 1.82) is 0 Å². The number of ether oxygens (including phenoxy) is 2. The van der Waals surface area contributed by atoms with Crippen molar-refractivity contribution in [2.45, 2.75) is 32.5 Å². The van der Waals surface area contributed by atoms with Crippen molar-refractivity contribution in [3.8, 4) is 11.5 Å². The van der Waals surface area contributed by atoms with Crippen LogP contribution in [-0.4, -0.2) is 52.3 Å². The number of nitrogens with zero attached hydrogens (tertiary/aromatic N) is 3. The zero-order valence-electron chi connectivity index (χ0n) is 14.6. The maximum atomic E-state index is 12.5. The fraction of sp³-hybridized carbons (Fsp3) is 0.444. The van der Waals surface area contributed by atoms with E-state index in [-0.39, 0.29) is 18.2 Å². The number of amides is 2. The Morgan fingerprint density at radius 2 is 2.24 bits per heavy atom. The Labute approximate surface area is 147 Å². The molecule has 25 heavy (non-hydrogen) atoms. The van der Waals surface area contributed by atoms with Crippen LogP contribution in [0.2, 0.25) is 0 Å². The molecule has 1 aromatic heterocycles. The van der Waals surface area contributed by atoms with E-state index in [2.05, 4.69) is 10.3 Å². The molecule has 1 aliphatic rings. The quantitative estimate of drug-likeness (QED) is 0.872. The van der Waals surface area contributed by atoms with Crippen LogP contribution >= 0.6 is 0 Å². The van der Waals surface area contributed by atoms with Gasteiger partial charge in [0.25, 0.3) is 0 Å². The maximum Gasteiger partial charge on any atom is 0.317 e. The molecule has 2 atom stereocenters. The van der Waals surface area contributed by atoms with Gasteiger partial charge in [-0.15, -0.1) is 0 Å². The first-order valence-corrected chi connectivity index (χ1v) is 8.55. The van der Waals surface area contributed by atoms with Crippen LogP contribution in [0.4, 0.5) is 4.79 Å². The van der Waals surface area contributed by atoms with Crippen LogP contribution in [0.5, 0.6) is 11.5 Å². The first kappa shape index (κ1) is 17.1. The highest BCUT2D eigenvalue weighted by Gasteiger charge is 2.25. The Hall–Kier alpha value is -2.70. The van der Waals surface area contributed by atoms with E-state index < -0.39 is 0 Å². The smallest absolute Gasteiger partial charge is 0.317 e. The van der Waals surface area contributed by atoms with E-state index in [9.17, 15) is 4.79 Å². The lowest BCUT2D eigenvalue weighted by Gasteiger charge is -2.31. The summed E-state index contributed by atoms with van der Waals surface area (Å²) in [5.41, 5.74) is 0. The second-order valence-corrected chi connectivity index (χ2v) is 6.15. The molecular weight excluding hydrogens is 320 g/mol. The third-order valence-corrected chi connectivity index (χ3v) is 4.07. The van der Waals surface area contributed by atoms with Crippen molar-refractivity contribution < 1.29 is 14.3 Å². The summed E-state index contributed by atoms with van der Waals surface area (Å²) in [5, 5.41) is 3.02. The summed E-state index contributed by atoms with van der Waals surface area (Å²) in [6.07, 6.45) is 5.17. The van der Waals surface area contributed by atoms with Gasteiger partial charge in [-0.3, -0.25) is 0 Å². The first-order valence-electron chi connectivity index (χ1n) is 8.55. The lowest BCUT2D eigenvalue weighted by Crippen LogP contribution is -2.49. The Kier molecular flexibility index (Phi) is 5.42. The molecular formula is C18H24N4O3.